The van der Waals surface area contributed by atoms with Crippen molar-refractivity contribution in [1.82, 2.24) is 0 Å². The Morgan fingerprint density at radius 2 is 2.04 bits per heavy atom. The molecule has 0 amide bonds. The number of rotatable bonds is 3. The number of Topliss-reactive ketones (excluding diaryl/α,β-unsaturated/α-hetero) is 1. The van der Waals surface area contributed by atoms with Crippen LogP contribution in [0.3, 0.4) is 0 Å². The fourth-order valence-corrected chi connectivity index (χ4v) is 4.16. The van der Waals surface area contributed by atoms with Crippen molar-refractivity contribution in [2.75, 3.05) is 6.61 Å². The van der Waals surface area contributed by atoms with Gasteiger partial charge in [0.2, 0.25) is 5.88 Å². The Balaban J connectivity index is 2.22. The van der Waals surface area contributed by atoms with Gasteiger partial charge in [-0.1, -0.05) is 43.1 Å². The SMILES string of the molecule is CCOC(=O)C1=C(N)OC2=C(C(=O)CC(C)(C)C2)[C@H]1c1ccc(Cl)cc1Cl. The number of benzene rings is 1. The Hall–Kier alpha value is -1.98. The lowest BCUT2D eigenvalue weighted by Gasteiger charge is -2.38. The Morgan fingerprint density at radius 1 is 1.33 bits per heavy atom. The Kier molecular flexibility index (Phi) is 5.28. The van der Waals surface area contributed by atoms with E-state index in [1.165, 1.54) is 0 Å². The van der Waals surface area contributed by atoms with E-state index in [0.717, 1.165) is 0 Å². The average molecular weight is 410 g/mol. The van der Waals surface area contributed by atoms with Gasteiger partial charge in [0.15, 0.2) is 5.78 Å². The quantitative estimate of drug-likeness (QED) is 0.744. The minimum atomic E-state index is -0.749. The first-order chi connectivity index (χ1) is 12.6. The molecule has 0 fully saturated rings. The van der Waals surface area contributed by atoms with Gasteiger partial charge in [0.25, 0.3) is 0 Å². The zero-order valence-electron chi connectivity index (χ0n) is 15.4. The number of halogens is 2. The van der Waals surface area contributed by atoms with E-state index in [4.69, 9.17) is 38.4 Å². The van der Waals surface area contributed by atoms with Crippen LogP contribution in [0.15, 0.2) is 41.0 Å². The summed E-state index contributed by atoms with van der Waals surface area (Å²) < 4.78 is 10.9. The molecule has 1 aliphatic heterocycles. The number of ether oxygens (including phenoxy) is 2. The van der Waals surface area contributed by atoms with Gasteiger partial charge in [-0.2, -0.15) is 0 Å². The molecular formula is C20H21Cl2NO4. The molecule has 2 N–H and O–H groups in total. The van der Waals surface area contributed by atoms with Crippen LogP contribution in [0, 0.1) is 5.41 Å². The Morgan fingerprint density at radius 3 is 2.67 bits per heavy atom. The maximum absolute atomic E-state index is 13.0. The molecule has 1 atom stereocenters. The number of hydrogen-bond acceptors (Lipinski definition) is 5. The van der Waals surface area contributed by atoms with Gasteiger partial charge < -0.3 is 15.2 Å². The number of carbonyl (C=O) groups is 2. The molecular weight excluding hydrogens is 389 g/mol. The molecule has 0 bridgehead atoms. The molecule has 5 nitrogen and oxygen atoms in total. The fourth-order valence-electron chi connectivity index (χ4n) is 3.64. The second-order valence-electron chi connectivity index (χ2n) is 7.48. The average Bonchev–Trinajstić information content (AvgIpc) is 2.52. The first kappa shape index (κ1) is 19.8. The summed E-state index contributed by atoms with van der Waals surface area (Å²) in [4.78, 5) is 25.7. The van der Waals surface area contributed by atoms with Gasteiger partial charge in [0.1, 0.15) is 11.3 Å². The van der Waals surface area contributed by atoms with Crippen LogP contribution >= 0.6 is 23.2 Å². The van der Waals surface area contributed by atoms with Gasteiger partial charge in [-0.3, -0.25) is 4.79 Å². The summed E-state index contributed by atoms with van der Waals surface area (Å²) in [5, 5.41) is 0.796. The smallest absolute Gasteiger partial charge is 0.340 e. The van der Waals surface area contributed by atoms with Crippen LogP contribution in [0.25, 0.3) is 0 Å². The van der Waals surface area contributed by atoms with E-state index in [1.54, 1.807) is 25.1 Å². The number of allylic oxidation sites excluding steroid dienone is 2. The van der Waals surface area contributed by atoms with Crippen LogP contribution in [-0.4, -0.2) is 18.4 Å². The second kappa shape index (κ2) is 7.21. The molecule has 1 aromatic carbocycles. The number of ketones is 1. The first-order valence-electron chi connectivity index (χ1n) is 8.70. The summed E-state index contributed by atoms with van der Waals surface area (Å²) >= 11 is 12.4. The standard InChI is InChI=1S/C20H21Cl2NO4/c1-4-26-19(25)17-15(11-6-5-10(21)7-12(11)22)16-13(24)8-20(2,3)9-14(16)27-18(17)23/h5-7,15H,4,8-9,23H2,1-3H3/t15-/m1/s1. The first-order valence-corrected chi connectivity index (χ1v) is 9.46. The highest BCUT2D eigenvalue weighted by Crippen LogP contribution is 2.49. The van der Waals surface area contributed by atoms with Crippen molar-refractivity contribution in [3.8, 4) is 0 Å². The van der Waals surface area contributed by atoms with Crippen LogP contribution in [0.1, 0.15) is 45.1 Å². The van der Waals surface area contributed by atoms with Gasteiger partial charge >= 0.3 is 5.97 Å². The molecule has 0 unspecified atom stereocenters. The van der Waals surface area contributed by atoms with E-state index in [-0.39, 0.29) is 29.3 Å². The number of carbonyl (C=O) groups excluding carboxylic acids is 2. The van der Waals surface area contributed by atoms with Crippen molar-refractivity contribution >= 4 is 35.0 Å². The monoisotopic (exact) mass is 409 g/mol. The molecule has 27 heavy (non-hydrogen) atoms. The van der Waals surface area contributed by atoms with Crippen molar-refractivity contribution in [2.24, 2.45) is 11.1 Å². The van der Waals surface area contributed by atoms with Crippen molar-refractivity contribution in [1.29, 1.82) is 0 Å². The number of nitrogens with two attached hydrogens (primary N) is 1. The number of esters is 1. The van der Waals surface area contributed by atoms with Gasteiger partial charge in [0, 0.05) is 28.5 Å². The molecule has 144 valence electrons. The minimum Gasteiger partial charge on any atom is -0.462 e. The molecule has 7 heteroatoms. The van der Waals surface area contributed by atoms with Crippen molar-refractivity contribution in [2.45, 2.75) is 39.5 Å². The predicted molar refractivity (Wildman–Crippen MR) is 103 cm³/mol. The molecule has 1 heterocycles. The van der Waals surface area contributed by atoms with Crippen LogP contribution in [0.2, 0.25) is 10.0 Å². The van der Waals surface area contributed by atoms with Crippen molar-refractivity contribution in [3.05, 3.63) is 56.6 Å². The van der Waals surface area contributed by atoms with Crippen molar-refractivity contribution < 1.29 is 19.1 Å². The summed E-state index contributed by atoms with van der Waals surface area (Å²) in [6.07, 6.45) is 0.875. The zero-order valence-corrected chi connectivity index (χ0v) is 16.9. The highest BCUT2D eigenvalue weighted by molar-refractivity contribution is 6.35. The van der Waals surface area contributed by atoms with Gasteiger partial charge in [0.05, 0.1) is 12.5 Å². The molecule has 0 saturated heterocycles. The van der Waals surface area contributed by atoms with Gasteiger partial charge in [-0.15, -0.1) is 0 Å². The normalized spacial score (nSPS) is 21.7. The lowest BCUT2D eigenvalue weighted by atomic mass is 9.70. The van der Waals surface area contributed by atoms with Crippen LogP contribution in [0.5, 0.6) is 0 Å². The van der Waals surface area contributed by atoms with Crippen LogP contribution in [0.4, 0.5) is 0 Å². The van der Waals surface area contributed by atoms with E-state index in [0.29, 0.717) is 39.8 Å². The molecule has 1 aromatic rings. The third-order valence-corrected chi connectivity index (χ3v) is 5.29. The molecule has 0 aromatic heterocycles. The minimum absolute atomic E-state index is 0.0614. The predicted octanol–water partition coefficient (Wildman–Crippen LogP) is 4.48. The fraction of sp³-hybridized carbons (Fsp3) is 0.400. The molecule has 0 saturated carbocycles. The topological polar surface area (TPSA) is 78.6 Å². The highest BCUT2D eigenvalue weighted by atomic mass is 35.5. The lowest BCUT2D eigenvalue weighted by molar-refractivity contribution is -0.139. The third-order valence-electron chi connectivity index (χ3n) is 4.72. The van der Waals surface area contributed by atoms with Crippen LogP contribution in [-0.2, 0) is 19.1 Å². The maximum atomic E-state index is 13.0. The molecule has 2 aliphatic rings. The van der Waals surface area contributed by atoms with Gasteiger partial charge in [-0.05, 0) is 30.0 Å². The summed E-state index contributed by atoms with van der Waals surface area (Å²) in [6.45, 7) is 5.84. The second-order valence-corrected chi connectivity index (χ2v) is 8.32. The molecule has 0 spiro atoms. The summed E-state index contributed by atoms with van der Waals surface area (Å²) in [7, 11) is 0. The zero-order chi connectivity index (χ0) is 19.9. The van der Waals surface area contributed by atoms with Gasteiger partial charge in [-0.25, -0.2) is 4.79 Å². The molecule has 1 aliphatic carbocycles. The summed E-state index contributed by atoms with van der Waals surface area (Å²) in [5.74, 6) is -1.05. The lowest BCUT2D eigenvalue weighted by Crippen LogP contribution is -2.35. The van der Waals surface area contributed by atoms with E-state index < -0.39 is 11.9 Å². The third kappa shape index (κ3) is 3.71. The molecule has 3 rings (SSSR count). The molecule has 0 radical (unpaired) electrons. The van der Waals surface area contributed by atoms with E-state index >= 15 is 0 Å². The van der Waals surface area contributed by atoms with E-state index in [1.807, 2.05) is 13.8 Å². The number of hydrogen-bond donors (Lipinski definition) is 1. The Labute approximate surface area is 168 Å². The maximum Gasteiger partial charge on any atom is 0.340 e. The largest absolute Gasteiger partial charge is 0.462 e. The van der Waals surface area contributed by atoms with E-state index in [9.17, 15) is 9.59 Å². The highest BCUT2D eigenvalue weighted by Gasteiger charge is 2.45. The summed E-state index contributed by atoms with van der Waals surface area (Å²) in [6, 6.07) is 4.93. The Bertz CT molecular complexity index is 886. The van der Waals surface area contributed by atoms with Crippen LogP contribution < -0.4 is 5.73 Å². The van der Waals surface area contributed by atoms with Crippen molar-refractivity contribution in [3.63, 3.8) is 0 Å². The van der Waals surface area contributed by atoms with E-state index in [2.05, 4.69) is 0 Å². The summed E-state index contributed by atoms with van der Waals surface area (Å²) in [5.41, 5.74) is 6.91.